The Morgan fingerprint density at radius 2 is 2.04 bits per heavy atom. The van der Waals surface area contributed by atoms with Crippen LogP contribution in [0.2, 0.25) is 0 Å². The highest BCUT2D eigenvalue weighted by molar-refractivity contribution is 8.26. The Kier molecular flexibility index (Phi) is 6.76. The minimum Gasteiger partial charge on any atom is -0.494 e. The van der Waals surface area contributed by atoms with E-state index in [0.717, 1.165) is 28.0 Å². The maximum atomic E-state index is 12.6. The molecule has 1 aliphatic rings. The number of ether oxygens (including phenoxy) is 1. The zero-order valence-electron chi connectivity index (χ0n) is 14.0. The van der Waals surface area contributed by atoms with Crippen LogP contribution in [0.5, 0.6) is 5.75 Å². The summed E-state index contributed by atoms with van der Waals surface area (Å²) in [6.45, 7) is 2.44. The number of rotatable bonds is 8. The SMILES string of the molecule is CCOc1ccc(/C=C2\SC(=S)N(C(CCC(N)=O)C(=O)O)C2=O)cc1. The molecule has 0 spiro atoms. The lowest BCUT2D eigenvalue weighted by Crippen LogP contribution is -2.44. The molecule has 1 unspecified atom stereocenters. The van der Waals surface area contributed by atoms with Gasteiger partial charge in [-0.1, -0.05) is 36.1 Å². The Hall–Kier alpha value is -2.39. The number of carbonyl (C=O) groups excluding carboxylic acids is 2. The van der Waals surface area contributed by atoms with Gasteiger partial charge in [0.05, 0.1) is 11.5 Å². The average molecular weight is 394 g/mol. The molecule has 1 saturated heterocycles. The molecule has 1 aromatic carbocycles. The fraction of sp³-hybridized carbons (Fsp3) is 0.294. The molecule has 138 valence electrons. The summed E-state index contributed by atoms with van der Waals surface area (Å²) in [5.74, 6) is -1.64. The van der Waals surface area contributed by atoms with Crippen LogP contribution in [0, 0.1) is 0 Å². The number of carboxylic acid groups (broad SMARTS) is 1. The van der Waals surface area contributed by atoms with E-state index in [-0.39, 0.29) is 17.2 Å². The van der Waals surface area contributed by atoms with Gasteiger partial charge in [-0.05, 0) is 37.1 Å². The van der Waals surface area contributed by atoms with E-state index in [2.05, 4.69) is 0 Å². The van der Waals surface area contributed by atoms with E-state index in [9.17, 15) is 19.5 Å². The van der Waals surface area contributed by atoms with Crippen LogP contribution in [0.4, 0.5) is 0 Å². The van der Waals surface area contributed by atoms with E-state index >= 15 is 0 Å². The summed E-state index contributed by atoms with van der Waals surface area (Å²) < 4.78 is 5.51. The molecular weight excluding hydrogens is 376 g/mol. The highest BCUT2D eigenvalue weighted by Crippen LogP contribution is 2.35. The standard InChI is InChI=1S/C17H18N2O5S2/c1-2-24-11-5-3-10(4-6-11)9-13-15(21)19(17(25)26-13)12(16(22)23)7-8-14(18)20/h3-6,9,12H,2,7-8H2,1H3,(H2,18,20)(H,22,23)/b13-9-. The summed E-state index contributed by atoms with van der Waals surface area (Å²) in [5, 5.41) is 9.39. The lowest BCUT2D eigenvalue weighted by atomic mass is 10.1. The van der Waals surface area contributed by atoms with Gasteiger partial charge in [0.15, 0.2) is 0 Å². The number of nitrogens with two attached hydrogens (primary N) is 1. The third-order valence-corrected chi connectivity index (χ3v) is 4.90. The maximum Gasteiger partial charge on any atom is 0.326 e. The molecule has 3 N–H and O–H groups in total. The Bertz CT molecular complexity index is 761. The second kappa shape index (κ2) is 8.81. The molecule has 9 heteroatoms. The quantitative estimate of drug-likeness (QED) is 0.512. The Balaban J connectivity index is 2.20. The van der Waals surface area contributed by atoms with Gasteiger partial charge < -0.3 is 15.6 Å². The first-order valence-electron chi connectivity index (χ1n) is 7.84. The molecule has 0 aromatic heterocycles. The molecule has 0 radical (unpaired) electrons. The molecule has 1 heterocycles. The molecule has 0 saturated carbocycles. The van der Waals surface area contributed by atoms with Crippen molar-refractivity contribution < 1.29 is 24.2 Å². The molecule has 1 atom stereocenters. The number of carboxylic acids is 1. The van der Waals surface area contributed by atoms with E-state index in [1.165, 1.54) is 0 Å². The van der Waals surface area contributed by atoms with Gasteiger partial charge in [-0.2, -0.15) is 0 Å². The van der Waals surface area contributed by atoms with Crippen LogP contribution in [0.15, 0.2) is 29.2 Å². The van der Waals surface area contributed by atoms with Gasteiger partial charge >= 0.3 is 5.97 Å². The lowest BCUT2D eigenvalue weighted by Gasteiger charge is -2.22. The number of hydrogen-bond acceptors (Lipinski definition) is 6. The lowest BCUT2D eigenvalue weighted by molar-refractivity contribution is -0.145. The van der Waals surface area contributed by atoms with Crippen LogP contribution in [0.25, 0.3) is 6.08 Å². The van der Waals surface area contributed by atoms with Crippen LogP contribution in [0.1, 0.15) is 25.3 Å². The number of benzene rings is 1. The van der Waals surface area contributed by atoms with E-state index in [0.29, 0.717) is 11.5 Å². The van der Waals surface area contributed by atoms with Crippen molar-refractivity contribution in [2.45, 2.75) is 25.8 Å². The first-order chi connectivity index (χ1) is 12.3. The van der Waals surface area contributed by atoms with Crippen molar-refractivity contribution in [3.63, 3.8) is 0 Å². The molecule has 26 heavy (non-hydrogen) atoms. The second-order valence-electron chi connectivity index (χ2n) is 5.41. The van der Waals surface area contributed by atoms with E-state index < -0.39 is 23.8 Å². The Morgan fingerprint density at radius 1 is 1.38 bits per heavy atom. The molecule has 2 rings (SSSR count). The number of nitrogens with zero attached hydrogens (tertiary/aromatic N) is 1. The number of carbonyl (C=O) groups is 3. The van der Waals surface area contributed by atoms with Gasteiger partial charge in [-0.25, -0.2) is 4.79 Å². The fourth-order valence-corrected chi connectivity index (χ4v) is 3.73. The van der Waals surface area contributed by atoms with Gasteiger partial charge in [-0.3, -0.25) is 14.5 Å². The summed E-state index contributed by atoms with van der Waals surface area (Å²) >= 11 is 6.20. The summed E-state index contributed by atoms with van der Waals surface area (Å²) in [6.07, 6.45) is 1.40. The Labute approximate surface area is 160 Å². The first kappa shape index (κ1) is 19.9. The minimum absolute atomic E-state index is 0.0898. The van der Waals surface area contributed by atoms with Crippen molar-refractivity contribution in [2.24, 2.45) is 5.73 Å². The predicted molar refractivity (Wildman–Crippen MR) is 102 cm³/mol. The van der Waals surface area contributed by atoms with Gasteiger partial charge in [0, 0.05) is 6.42 Å². The molecule has 7 nitrogen and oxygen atoms in total. The predicted octanol–water partition coefficient (Wildman–Crippen LogP) is 2.01. The molecule has 1 fully saturated rings. The summed E-state index contributed by atoms with van der Waals surface area (Å²) in [7, 11) is 0. The zero-order chi connectivity index (χ0) is 19.3. The molecule has 1 aromatic rings. The minimum atomic E-state index is -1.23. The number of primary amides is 1. The van der Waals surface area contributed by atoms with Crippen LogP contribution < -0.4 is 10.5 Å². The number of thiocarbonyl (C=S) groups is 1. The first-order valence-corrected chi connectivity index (χ1v) is 9.07. The van der Waals surface area contributed by atoms with Crippen molar-refractivity contribution in [1.29, 1.82) is 0 Å². The van der Waals surface area contributed by atoms with Crippen LogP contribution in [-0.4, -0.2) is 44.8 Å². The van der Waals surface area contributed by atoms with Crippen molar-refractivity contribution in [1.82, 2.24) is 4.90 Å². The molecule has 1 aliphatic heterocycles. The second-order valence-corrected chi connectivity index (χ2v) is 7.09. The molecule has 0 aliphatic carbocycles. The third kappa shape index (κ3) is 4.83. The van der Waals surface area contributed by atoms with Crippen molar-refractivity contribution in [2.75, 3.05) is 6.61 Å². The molecule has 2 amide bonds. The molecular formula is C17H18N2O5S2. The zero-order valence-corrected chi connectivity index (χ0v) is 15.6. The average Bonchev–Trinajstić information content (AvgIpc) is 2.84. The number of aliphatic carboxylic acids is 1. The van der Waals surface area contributed by atoms with Crippen LogP contribution in [0.3, 0.4) is 0 Å². The summed E-state index contributed by atoms with van der Waals surface area (Å²) in [5.41, 5.74) is 5.84. The monoisotopic (exact) mass is 394 g/mol. The summed E-state index contributed by atoms with van der Waals surface area (Å²) in [4.78, 5) is 36.4. The number of hydrogen-bond donors (Lipinski definition) is 2. The highest BCUT2D eigenvalue weighted by atomic mass is 32.2. The van der Waals surface area contributed by atoms with Gasteiger partial charge in [0.2, 0.25) is 5.91 Å². The van der Waals surface area contributed by atoms with Crippen LogP contribution >= 0.6 is 24.0 Å². The number of amides is 2. The smallest absolute Gasteiger partial charge is 0.326 e. The third-order valence-electron chi connectivity index (χ3n) is 3.57. The van der Waals surface area contributed by atoms with Crippen LogP contribution in [-0.2, 0) is 14.4 Å². The van der Waals surface area contributed by atoms with Crippen molar-refractivity contribution in [3.05, 3.63) is 34.7 Å². The topological polar surface area (TPSA) is 110 Å². The van der Waals surface area contributed by atoms with Gasteiger partial charge in [0.1, 0.15) is 16.1 Å². The van der Waals surface area contributed by atoms with E-state index in [1.54, 1.807) is 30.3 Å². The maximum absolute atomic E-state index is 12.6. The number of thioether (sulfide) groups is 1. The largest absolute Gasteiger partial charge is 0.494 e. The van der Waals surface area contributed by atoms with Crippen molar-refractivity contribution in [3.8, 4) is 5.75 Å². The van der Waals surface area contributed by atoms with E-state index in [4.69, 9.17) is 22.7 Å². The fourth-order valence-electron chi connectivity index (χ4n) is 2.37. The molecule has 0 bridgehead atoms. The summed E-state index contributed by atoms with van der Waals surface area (Å²) in [6, 6.07) is 5.92. The normalized spacial score (nSPS) is 16.8. The van der Waals surface area contributed by atoms with Gasteiger partial charge in [0.25, 0.3) is 5.91 Å². The van der Waals surface area contributed by atoms with Crippen molar-refractivity contribution >= 4 is 52.2 Å². The van der Waals surface area contributed by atoms with Gasteiger partial charge in [-0.15, -0.1) is 0 Å². The Morgan fingerprint density at radius 3 is 2.58 bits per heavy atom. The highest BCUT2D eigenvalue weighted by Gasteiger charge is 2.40. The van der Waals surface area contributed by atoms with E-state index in [1.807, 2.05) is 6.92 Å².